The SMILES string of the molecule is CC.COc1ccc(Cn2c3c(n2C2CCN(CC(=O)N(C)C)C2)C=NC(NCCN2CCN(C)CC2)N3)cc1.O.[HH]. The van der Waals surface area contributed by atoms with Gasteiger partial charge >= 0.3 is 0 Å². The second-order valence-corrected chi connectivity index (χ2v) is 10.9. The van der Waals surface area contributed by atoms with Gasteiger partial charge < -0.3 is 25.3 Å². The van der Waals surface area contributed by atoms with Gasteiger partial charge in [0.25, 0.3) is 0 Å². The molecule has 1 amide bonds. The molecule has 12 nitrogen and oxygen atoms in total. The van der Waals surface area contributed by atoms with Crippen LogP contribution < -0.4 is 15.4 Å². The molecule has 41 heavy (non-hydrogen) atoms. The molecule has 0 spiro atoms. The van der Waals surface area contributed by atoms with Gasteiger partial charge in [0.1, 0.15) is 11.4 Å². The van der Waals surface area contributed by atoms with Crippen LogP contribution in [-0.2, 0) is 11.3 Å². The number of hydrogen-bond acceptors (Lipinski definition) is 8. The summed E-state index contributed by atoms with van der Waals surface area (Å²) in [6, 6.07) is 8.57. The number of likely N-dealkylation sites (tertiary alicyclic amines) is 1. The van der Waals surface area contributed by atoms with E-state index < -0.39 is 0 Å². The summed E-state index contributed by atoms with van der Waals surface area (Å²) in [6.45, 7) is 13.4. The molecule has 2 fully saturated rings. The Morgan fingerprint density at radius 3 is 2.49 bits per heavy atom. The number of ether oxygens (including phenoxy) is 1. The summed E-state index contributed by atoms with van der Waals surface area (Å²) in [5.41, 5.74) is 2.34. The second kappa shape index (κ2) is 15.4. The number of aromatic nitrogens is 2. The lowest BCUT2D eigenvalue weighted by Crippen LogP contribution is -2.49. The highest BCUT2D eigenvalue weighted by molar-refractivity contribution is 5.87. The Morgan fingerprint density at radius 2 is 1.83 bits per heavy atom. The van der Waals surface area contributed by atoms with Crippen molar-refractivity contribution < 1.29 is 16.4 Å². The predicted molar refractivity (Wildman–Crippen MR) is 167 cm³/mol. The average Bonchev–Trinajstić information content (AvgIpc) is 3.42. The first-order valence-corrected chi connectivity index (χ1v) is 14.7. The molecule has 5 rings (SSSR count). The lowest BCUT2D eigenvalue weighted by Gasteiger charge is -2.38. The number of carbonyl (C=O) groups is 1. The number of likely N-dealkylation sites (N-methyl/N-ethyl adjacent to an activating group) is 2. The lowest BCUT2D eigenvalue weighted by molar-refractivity contribution is -0.129. The number of nitrogens with zero attached hydrogens (tertiary/aromatic N) is 7. The van der Waals surface area contributed by atoms with Crippen LogP contribution in [0.3, 0.4) is 0 Å². The third-order valence-corrected chi connectivity index (χ3v) is 7.93. The van der Waals surface area contributed by atoms with Crippen molar-refractivity contribution in [3.05, 3.63) is 35.5 Å². The molecule has 232 valence electrons. The normalized spacial score (nSPS) is 20.9. The van der Waals surface area contributed by atoms with Crippen molar-refractivity contribution in [1.82, 2.24) is 34.3 Å². The van der Waals surface area contributed by atoms with Crippen LogP contribution in [0, 0.1) is 0 Å². The number of aliphatic imine (C=N–C) groups is 1. The number of methoxy groups -OCH3 is 1. The summed E-state index contributed by atoms with van der Waals surface area (Å²) in [4.78, 5) is 25.9. The van der Waals surface area contributed by atoms with Gasteiger partial charge in [-0.25, -0.2) is 0 Å². The Balaban J connectivity index is 0.00000151. The first-order valence-electron chi connectivity index (χ1n) is 14.7. The van der Waals surface area contributed by atoms with Crippen LogP contribution in [0.25, 0.3) is 0 Å². The summed E-state index contributed by atoms with van der Waals surface area (Å²) in [6.07, 6.45) is 2.88. The molecule has 4 heterocycles. The van der Waals surface area contributed by atoms with Gasteiger partial charge in [-0.2, -0.15) is 0 Å². The zero-order valence-electron chi connectivity index (χ0n) is 25.8. The van der Waals surface area contributed by atoms with Crippen molar-refractivity contribution in [2.45, 2.75) is 39.1 Å². The number of benzene rings is 1. The van der Waals surface area contributed by atoms with Crippen molar-refractivity contribution >= 4 is 17.9 Å². The molecular formula is C29H53N9O3. The molecule has 2 unspecified atom stereocenters. The highest BCUT2D eigenvalue weighted by Crippen LogP contribution is 2.33. The Labute approximate surface area is 246 Å². The number of anilines is 1. The molecule has 3 aliphatic rings. The van der Waals surface area contributed by atoms with E-state index in [1.807, 2.05) is 46.3 Å². The van der Waals surface area contributed by atoms with E-state index in [-0.39, 0.29) is 19.1 Å². The molecule has 2 saturated heterocycles. The Kier molecular flexibility index (Phi) is 12.2. The predicted octanol–water partition coefficient (Wildman–Crippen LogP) is 1.09. The van der Waals surface area contributed by atoms with Crippen molar-refractivity contribution in [3.8, 4) is 5.75 Å². The number of fused-ring (bicyclic) bond motifs is 1. The van der Waals surface area contributed by atoms with Crippen LogP contribution in [0.15, 0.2) is 29.3 Å². The minimum atomic E-state index is -0.139. The molecular weight excluding hydrogens is 522 g/mol. The number of rotatable bonds is 10. The van der Waals surface area contributed by atoms with Crippen molar-refractivity contribution in [2.24, 2.45) is 4.99 Å². The van der Waals surface area contributed by atoms with E-state index in [0.717, 1.165) is 82.6 Å². The lowest BCUT2D eigenvalue weighted by atomic mass is 10.2. The summed E-state index contributed by atoms with van der Waals surface area (Å²) in [7, 11) is 7.52. The Bertz CT molecular complexity index is 1110. The van der Waals surface area contributed by atoms with Crippen LogP contribution in [0.5, 0.6) is 5.75 Å². The summed E-state index contributed by atoms with van der Waals surface area (Å²) >= 11 is 0. The van der Waals surface area contributed by atoms with Crippen molar-refractivity contribution in [2.75, 3.05) is 92.5 Å². The smallest absolute Gasteiger partial charge is 0.236 e. The first kappa shape index (κ1) is 32.6. The summed E-state index contributed by atoms with van der Waals surface area (Å²) < 4.78 is 10.1. The van der Waals surface area contributed by atoms with Gasteiger partial charge in [-0.05, 0) is 31.2 Å². The molecule has 0 bridgehead atoms. The van der Waals surface area contributed by atoms with Gasteiger partial charge in [-0.3, -0.25) is 34.3 Å². The van der Waals surface area contributed by atoms with Gasteiger partial charge in [0.15, 0.2) is 12.1 Å². The zero-order chi connectivity index (χ0) is 28.6. The van der Waals surface area contributed by atoms with E-state index >= 15 is 0 Å². The van der Waals surface area contributed by atoms with E-state index in [9.17, 15) is 4.79 Å². The molecule has 0 saturated carbocycles. The second-order valence-electron chi connectivity index (χ2n) is 10.9. The molecule has 1 aromatic heterocycles. The van der Waals surface area contributed by atoms with Gasteiger partial charge in [-0.15, -0.1) is 0 Å². The monoisotopic (exact) mass is 575 g/mol. The van der Waals surface area contributed by atoms with Crippen LogP contribution in [0.4, 0.5) is 5.82 Å². The van der Waals surface area contributed by atoms with Crippen LogP contribution >= 0.6 is 0 Å². The standard InChI is InChI=1S/C27H43N9O2.C2H6.H2O.H2/c1-31(2)25(37)20-34-11-9-22(19-34)36-24-17-29-27(28-10-12-33-15-13-32(3)14-16-33)30-26(24)35(36)18-21-5-7-23(38-4)8-6-21;1-2;;/h5-8,17,22,27-28,30H,9-16,18-20H2,1-4H3;1-2H3;1H2;1H. The zero-order valence-corrected chi connectivity index (χ0v) is 25.8. The quantitative estimate of drug-likeness (QED) is 0.436. The maximum absolute atomic E-state index is 12.3. The molecule has 0 radical (unpaired) electrons. The maximum Gasteiger partial charge on any atom is 0.236 e. The topological polar surface area (TPSA) is 117 Å². The molecule has 4 N–H and O–H groups in total. The number of amides is 1. The van der Waals surface area contributed by atoms with Crippen molar-refractivity contribution in [1.29, 1.82) is 0 Å². The first-order chi connectivity index (χ1) is 19.4. The number of hydrogen-bond donors (Lipinski definition) is 2. The highest BCUT2D eigenvalue weighted by atomic mass is 16.5. The van der Waals surface area contributed by atoms with E-state index in [0.29, 0.717) is 12.6 Å². The third-order valence-electron chi connectivity index (χ3n) is 7.93. The minimum Gasteiger partial charge on any atom is -0.497 e. The van der Waals surface area contributed by atoms with Crippen LogP contribution in [-0.4, -0.2) is 140 Å². The number of piperazine rings is 1. The van der Waals surface area contributed by atoms with E-state index in [1.165, 1.54) is 5.56 Å². The molecule has 1 aromatic carbocycles. The fraction of sp³-hybridized carbons (Fsp3) is 0.655. The maximum atomic E-state index is 12.3. The fourth-order valence-corrected chi connectivity index (χ4v) is 5.49. The molecule has 12 heteroatoms. The minimum absolute atomic E-state index is 0. The highest BCUT2D eigenvalue weighted by Gasteiger charge is 2.34. The molecule has 3 aliphatic heterocycles. The van der Waals surface area contributed by atoms with Crippen molar-refractivity contribution in [3.63, 3.8) is 0 Å². The molecule has 2 aromatic rings. The summed E-state index contributed by atoms with van der Waals surface area (Å²) in [5, 5.41) is 7.21. The average molecular weight is 576 g/mol. The molecule has 0 aliphatic carbocycles. The van der Waals surface area contributed by atoms with E-state index in [4.69, 9.17) is 9.73 Å². The molecule has 2 atom stereocenters. The Morgan fingerprint density at radius 1 is 1.12 bits per heavy atom. The fourth-order valence-electron chi connectivity index (χ4n) is 5.49. The van der Waals surface area contributed by atoms with E-state index in [2.05, 4.69) is 53.9 Å². The van der Waals surface area contributed by atoms with Crippen LogP contribution in [0.2, 0.25) is 0 Å². The Hall–Kier alpha value is -2.90. The largest absolute Gasteiger partial charge is 0.497 e. The summed E-state index contributed by atoms with van der Waals surface area (Å²) in [5.74, 6) is 2.12. The number of carbonyl (C=O) groups excluding carboxylic acids is 1. The van der Waals surface area contributed by atoms with Crippen LogP contribution in [0.1, 0.15) is 39.0 Å². The van der Waals surface area contributed by atoms with Gasteiger partial charge in [0.2, 0.25) is 5.91 Å². The third kappa shape index (κ3) is 8.10. The van der Waals surface area contributed by atoms with E-state index in [1.54, 1.807) is 12.0 Å². The number of nitrogens with one attached hydrogen (secondary N) is 2. The van der Waals surface area contributed by atoms with Gasteiger partial charge in [0, 0.05) is 67.9 Å². The van der Waals surface area contributed by atoms with Gasteiger partial charge in [0.05, 0.1) is 32.5 Å². The van der Waals surface area contributed by atoms with Gasteiger partial charge in [-0.1, -0.05) is 26.0 Å².